The lowest BCUT2D eigenvalue weighted by atomic mass is 10.1. The Labute approximate surface area is 156 Å². The summed E-state index contributed by atoms with van der Waals surface area (Å²) >= 11 is 0. The fourth-order valence-electron chi connectivity index (χ4n) is 3.22. The Hall–Kier alpha value is -3.43. The summed E-state index contributed by atoms with van der Waals surface area (Å²) in [5, 5.41) is 8.84. The van der Waals surface area contributed by atoms with Gasteiger partial charge < -0.3 is 10.3 Å². The number of nitrogens with two attached hydrogens (primary N) is 1. The van der Waals surface area contributed by atoms with Crippen LogP contribution in [0.15, 0.2) is 47.5 Å². The molecule has 6 nitrogen and oxygen atoms in total. The number of hydrogen-bond acceptors (Lipinski definition) is 4. The van der Waals surface area contributed by atoms with Crippen molar-refractivity contribution in [3.8, 4) is 11.8 Å². The first-order valence-corrected chi connectivity index (χ1v) is 8.82. The summed E-state index contributed by atoms with van der Waals surface area (Å²) in [7, 11) is 0. The fraction of sp³-hybridized carbons (Fsp3) is 0.190. The zero-order valence-electron chi connectivity index (χ0n) is 15.0. The number of pyridine rings is 2. The molecule has 27 heavy (non-hydrogen) atoms. The Balaban J connectivity index is 1.93. The van der Waals surface area contributed by atoms with Crippen molar-refractivity contribution in [3.63, 3.8) is 0 Å². The summed E-state index contributed by atoms with van der Waals surface area (Å²) in [5.41, 5.74) is 9.69. The lowest BCUT2D eigenvalue weighted by molar-refractivity contribution is 0.654. The number of aromatic nitrogens is 4. The fourth-order valence-corrected chi connectivity index (χ4v) is 3.22. The Bertz CT molecular complexity index is 1240. The van der Waals surface area contributed by atoms with Crippen LogP contribution in [0.4, 0.5) is 0 Å². The number of benzene rings is 1. The molecule has 3 heterocycles. The molecule has 0 amide bonds. The van der Waals surface area contributed by atoms with Crippen molar-refractivity contribution in [1.82, 2.24) is 19.7 Å². The number of nitrogens with one attached hydrogen (secondary N) is 1. The zero-order valence-corrected chi connectivity index (χ0v) is 15.0. The van der Waals surface area contributed by atoms with Crippen LogP contribution in [0, 0.1) is 18.8 Å². The van der Waals surface area contributed by atoms with Crippen LogP contribution in [0.1, 0.15) is 23.2 Å². The molecule has 4 rings (SSSR count). The minimum Gasteiger partial charge on any atom is -0.330 e. The van der Waals surface area contributed by atoms with Crippen LogP contribution in [-0.2, 0) is 6.54 Å². The molecule has 0 spiro atoms. The largest absolute Gasteiger partial charge is 0.330 e. The molecule has 4 aromatic rings. The average molecular weight is 357 g/mol. The van der Waals surface area contributed by atoms with Gasteiger partial charge in [0, 0.05) is 41.1 Å². The third-order valence-corrected chi connectivity index (χ3v) is 4.57. The maximum atomic E-state index is 13.0. The average Bonchev–Trinajstić information content (AvgIpc) is 3.09. The molecular weight excluding hydrogens is 338 g/mol. The highest BCUT2D eigenvalue weighted by atomic mass is 16.1. The summed E-state index contributed by atoms with van der Waals surface area (Å²) in [5.74, 6) is 6.31. The van der Waals surface area contributed by atoms with E-state index in [1.165, 1.54) is 0 Å². The van der Waals surface area contributed by atoms with Crippen molar-refractivity contribution in [2.75, 3.05) is 6.54 Å². The summed E-state index contributed by atoms with van der Waals surface area (Å²) in [6.45, 7) is 2.98. The Kier molecular flexibility index (Phi) is 4.45. The molecule has 0 aliphatic rings. The van der Waals surface area contributed by atoms with Crippen LogP contribution in [0.3, 0.4) is 0 Å². The number of rotatable bonds is 3. The van der Waals surface area contributed by atoms with Crippen LogP contribution in [-0.4, -0.2) is 26.3 Å². The van der Waals surface area contributed by atoms with Gasteiger partial charge in [0.05, 0.1) is 10.9 Å². The van der Waals surface area contributed by atoms with Crippen molar-refractivity contribution < 1.29 is 0 Å². The predicted octanol–water partition coefficient (Wildman–Crippen LogP) is 2.33. The second kappa shape index (κ2) is 7.06. The molecule has 3 N–H and O–H groups in total. The lowest BCUT2D eigenvalue weighted by Crippen LogP contribution is -2.22. The van der Waals surface area contributed by atoms with E-state index in [2.05, 4.69) is 27.0 Å². The maximum absolute atomic E-state index is 13.0. The van der Waals surface area contributed by atoms with Crippen molar-refractivity contribution in [1.29, 1.82) is 0 Å². The third-order valence-electron chi connectivity index (χ3n) is 4.57. The van der Waals surface area contributed by atoms with E-state index in [1.807, 2.05) is 37.3 Å². The predicted molar refractivity (Wildman–Crippen MR) is 106 cm³/mol. The molecule has 0 saturated heterocycles. The van der Waals surface area contributed by atoms with Crippen LogP contribution in [0.5, 0.6) is 0 Å². The van der Waals surface area contributed by atoms with E-state index in [-0.39, 0.29) is 5.56 Å². The molecule has 6 heteroatoms. The van der Waals surface area contributed by atoms with Gasteiger partial charge in [0.2, 0.25) is 0 Å². The van der Waals surface area contributed by atoms with Crippen molar-refractivity contribution in [3.05, 3.63) is 69.9 Å². The van der Waals surface area contributed by atoms with Gasteiger partial charge in [0.25, 0.3) is 5.56 Å². The zero-order chi connectivity index (χ0) is 18.8. The van der Waals surface area contributed by atoms with Crippen LogP contribution < -0.4 is 11.3 Å². The Morgan fingerprint density at radius 2 is 1.93 bits per heavy atom. The van der Waals surface area contributed by atoms with E-state index in [9.17, 15) is 4.79 Å². The quantitative estimate of drug-likeness (QED) is 0.551. The van der Waals surface area contributed by atoms with Crippen LogP contribution in [0.25, 0.3) is 21.8 Å². The van der Waals surface area contributed by atoms with Crippen LogP contribution in [0.2, 0.25) is 0 Å². The molecule has 0 unspecified atom stereocenters. The second-order valence-corrected chi connectivity index (χ2v) is 6.39. The molecule has 134 valence electrons. The number of aryl methyl sites for hydroxylation is 2. The highest BCUT2D eigenvalue weighted by Gasteiger charge is 2.15. The van der Waals surface area contributed by atoms with Gasteiger partial charge in [-0.25, -0.2) is 0 Å². The molecule has 0 radical (unpaired) electrons. The van der Waals surface area contributed by atoms with E-state index in [1.54, 1.807) is 17.0 Å². The molecule has 0 bridgehead atoms. The van der Waals surface area contributed by atoms with Crippen molar-refractivity contribution in [2.45, 2.75) is 19.9 Å². The highest BCUT2D eigenvalue weighted by Crippen LogP contribution is 2.24. The van der Waals surface area contributed by atoms with Gasteiger partial charge in [0.15, 0.2) is 0 Å². The molecule has 0 atom stereocenters. The molecule has 0 aliphatic carbocycles. The Morgan fingerprint density at radius 3 is 2.70 bits per heavy atom. The van der Waals surface area contributed by atoms with E-state index in [0.717, 1.165) is 34.1 Å². The first-order valence-electron chi connectivity index (χ1n) is 8.82. The smallest absolute Gasteiger partial charge is 0.262 e. The van der Waals surface area contributed by atoms with E-state index < -0.39 is 0 Å². The monoisotopic (exact) mass is 357 g/mol. The molecule has 0 fully saturated rings. The first-order chi connectivity index (χ1) is 13.2. The van der Waals surface area contributed by atoms with Crippen molar-refractivity contribution in [2.24, 2.45) is 5.73 Å². The van der Waals surface area contributed by atoms with E-state index in [4.69, 9.17) is 5.73 Å². The van der Waals surface area contributed by atoms with Gasteiger partial charge >= 0.3 is 0 Å². The van der Waals surface area contributed by atoms with Crippen LogP contribution >= 0.6 is 0 Å². The SMILES string of the molecule is Cc1[nH]nc2c1c(=O)n(CCCN)c1ccc(C#Cc3ccncc3)cc21. The first kappa shape index (κ1) is 17.0. The molecular formula is C21H19N5O. The van der Waals surface area contributed by atoms with Crippen molar-refractivity contribution >= 4 is 21.8 Å². The van der Waals surface area contributed by atoms with Gasteiger partial charge in [-0.05, 0) is 50.2 Å². The number of hydrogen-bond donors (Lipinski definition) is 2. The summed E-state index contributed by atoms with van der Waals surface area (Å²) in [4.78, 5) is 17.0. The van der Waals surface area contributed by atoms with Gasteiger partial charge in [-0.15, -0.1) is 0 Å². The summed E-state index contributed by atoms with van der Waals surface area (Å²) < 4.78 is 1.78. The minimum atomic E-state index is -0.0344. The highest BCUT2D eigenvalue weighted by molar-refractivity contribution is 6.04. The summed E-state index contributed by atoms with van der Waals surface area (Å²) in [6, 6.07) is 9.60. The molecule has 1 aromatic carbocycles. The molecule has 3 aromatic heterocycles. The third kappa shape index (κ3) is 3.09. The standard InChI is InChI=1S/C21H19N5O/c1-14-19-20(25-24-14)17-13-16(4-3-15-7-10-23-11-8-15)5-6-18(17)26(21(19)27)12-2-9-22/h5-8,10-11,13H,2,9,12,22H2,1H3,(H,24,25). The topological polar surface area (TPSA) is 89.6 Å². The normalized spacial score (nSPS) is 10.9. The number of aromatic amines is 1. The maximum Gasteiger partial charge on any atom is 0.262 e. The minimum absolute atomic E-state index is 0.0344. The second-order valence-electron chi connectivity index (χ2n) is 6.39. The molecule has 0 aliphatic heterocycles. The molecule has 0 saturated carbocycles. The van der Waals surface area contributed by atoms with Gasteiger partial charge in [0.1, 0.15) is 5.52 Å². The number of nitrogens with zero attached hydrogens (tertiary/aromatic N) is 3. The Morgan fingerprint density at radius 1 is 1.15 bits per heavy atom. The van der Waals surface area contributed by atoms with E-state index >= 15 is 0 Å². The summed E-state index contributed by atoms with van der Waals surface area (Å²) in [6.07, 6.45) is 4.17. The van der Waals surface area contributed by atoms with E-state index in [0.29, 0.717) is 24.0 Å². The van der Waals surface area contributed by atoms with Gasteiger partial charge in [-0.2, -0.15) is 5.10 Å². The number of H-pyrrole nitrogens is 1. The number of fused-ring (bicyclic) bond motifs is 3. The van der Waals surface area contributed by atoms with Gasteiger partial charge in [-0.1, -0.05) is 11.8 Å². The van der Waals surface area contributed by atoms with Gasteiger partial charge in [-0.3, -0.25) is 14.9 Å². The lowest BCUT2D eigenvalue weighted by Gasteiger charge is -2.11.